The number of anilines is 5. The Kier molecular flexibility index (Phi) is 10.2. The van der Waals surface area contributed by atoms with Gasteiger partial charge in [-0.2, -0.15) is 0 Å². The summed E-state index contributed by atoms with van der Waals surface area (Å²) in [6, 6.07) is 56.9. The van der Waals surface area contributed by atoms with Gasteiger partial charge >= 0.3 is 0 Å². The van der Waals surface area contributed by atoms with Gasteiger partial charge in [0.05, 0.1) is 0 Å². The van der Waals surface area contributed by atoms with Crippen molar-refractivity contribution in [1.29, 1.82) is 0 Å². The van der Waals surface area contributed by atoms with E-state index in [-0.39, 0.29) is 0 Å². The minimum Gasteiger partial charge on any atom is -0.345 e. The van der Waals surface area contributed by atoms with Gasteiger partial charge in [-0.3, -0.25) is 0 Å². The molecule has 44 heavy (non-hydrogen) atoms. The number of aryl methyl sites for hydroxylation is 1. The van der Waals surface area contributed by atoms with Crippen molar-refractivity contribution in [1.82, 2.24) is 0 Å². The van der Waals surface area contributed by atoms with Crippen molar-refractivity contribution < 1.29 is 0 Å². The predicted molar refractivity (Wildman–Crippen MR) is 192 cm³/mol. The second-order valence-corrected chi connectivity index (χ2v) is 10.5. The first-order valence-electron chi connectivity index (χ1n) is 14.9. The standard InChI is InChI=1S/C27H23N.C15H15N/c1-22-12-18-26(19-13-22)28(25-10-6-3-7-11-25)27-20-16-24(17-21-27)15-14-23-8-4-2-5-9-23;1-3-13-9-11-15(12-10-13)16(2)14-7-5-4-6-8-14/h2-21H,1H3;3-12H,1H2,2H3/b15-14+;. The summed E-state index contributed by atoms with van der Waals surface area (Å²) in [6.45, 7) is 5.87. The van der Waals surface area contributed by atoms with Crippen LogP contribution < -0.4 is 9.80 Å². The van der Waals surface area contributed by atoms with Crippen molar-refractivity contribution in [3.63, 3.8) is 0 Å². The van der Waals surface area contributed by atoms with E-state index in [9.17, 15) is 0 Å². The minimum atomic E-state index is 1.14. The van der Waals surface area contributed by atoms with Crippen LogP contribution in [0.15, 0.2) is 170 Å². The molecule has 6 aromatic rings. The maximum absolute atomic E-state index is 3.75. The predicted octanol–water partition coefficient (Wildman–Crippen LogP) is 11.7. The zero-order chi connectivity index (χ0) is 30.6. The van der Waals surface area contributed by atoms with Gasteiger partial charge in [0, 0.05) is 35.5 Å². The van der Waals surface area contributed by atoms with E-state index in [1.54, 1.807) is 0 Å². The van der Waals surface area contributed by atoms with E-state index in [1.807, 2.05) is 36.4 Å². The molecule has 0 saturated carbocycles. The largest absolute Gasteiger partial charge is 0.345 e. The maximum atomic E-state index is 3.75. The average Bonchev–Trinajstić information content (AvgIpc) is 3.10. The zero-order valence-corrected chi connectivity index (χ0v) is 25.4. The van der Waals surface area contributed by atoms with Crippen LogP contribution in [-0.4, -0.2) is 7.05 Å². The molecule has 0 atom stereocenters. The highest BCUT2D eigenvalue weighted by Gasteiger charge is 2.11. The molecule has 2 heteroatoms. The molecule has 216 valence electrons. The molecule has 0 bridgehead atoms. The molecule has 0 amide bonds. The van der Waals surface area contributed by atoms with Gasteiger partial charge in [-0.25, -0.2) is 0 Å². The molecule has 2 nitrogen and oxygen atoms in total. The van der Waals surface area contributed by atoms with Gasteiger partial charge in [0.2, 0.25) is 0 Å². The zero-order valence-electron chi connectivity index (χ0n) is 25.4. The molecule has 0 saturated heterocycles. The third-order valence-electron chi connectivity index (χ3n) is 7.39. The topological polar surface area (TPSA) is 6.48 Å². The summed E-state index contributed by atoms with van der Waals surface area (Å²) >= 11 is 0. The molecule has 0 aliphatic heterocycles. The van der Waals surface area contributed by atoms with Crippen molar-refractivity contribution in [2.24, 2.45) is 0 Å². The van der Waals surface area contributed by atoms with Gasteiger partial charge in [-0.05, 0) is 84.3 Å². The Morgan fingerprint density at radius 3 is 1.30 bits per heavy atom. The lowest BCUT2D eigenvalue weighted by Gasteiger charge is -2.25. The molecule has 0 radical (unpaired) electrons. The van der Waals surface area contributed by atoms with Gasteiger partial charge in [0.25, 0.3) is 0 Å². The quantitative estimate of drug-likeness (QED) is 0.168. The van der Waals surface area contributed by atoms with Gasteiger partial charge in [-0.15, -0.1) is 0 Å². The summed E-state index contributed by atoms with van der Waals surface area (Å²) in [4.78, 5) is 4.44. The summed E-state index contributed by atoms with van der Waals surface area (Å²) in [6.07, 6.45) is 6.15. The van der Waals surface area contributed by atoms with Crippen molar-refractivity contribution >= 4 is 46.7 Å². The highest BCUT2D eigenvalue weighted by Crippen LogP contribution is 2.34. The second kappa shape index (κ2) is 15.0. The fourth-order valence-electron chi connectivity index (χ4n) is 4.84. The third-order valence-corrected chi connectivity index (χ3v) is 7.39. The summed E-state index contributed by atoms with van der Waals surface area (Å²) in [7, 11) is 2.07. The lowest BCUT2D eigenvalue weighted by Crippen LogP contribution is -2.09. The van der Waals surface area contributed by atoms with E-state index in [1.165, 1.54) is 28.1 Å². The minimum absolute atomic E-state index is 1.14. The maximum Gasteiger partial charge on any atom is 0.0462 e. The molecule has 6 rings (SSSR count). The normalized spacial score (nSPS) is 10.5. The number of hydrogen-bond donors (Lipinski definition) is 0. The van der Waals surface area contributed by atoms with Gasteiger partial charge in [0.1, 0.15) is 0 Å². The Labute approximate surface area is 262 Å². The van der Waals surface area contributed by atoms with Crippen LogP contribution in [-0.2, 0) is 0 Å². The summed E-state index contributed by atoms with van der Waals surface area (Å²) in [5, 5.41) is 0. The summed E-state index contributed by atoms with van der Waals surface area (Å²) < 4.78 is 0. The number of nitrogens with zero attached hydrogens (tertiary/aromatic N) is 2. The van der Waals surface area contributed by atoms with Crippen molar-refractivity contribution in [2.75, 3.05) is 16.8 Å². The molecule has 0 fully saturated rings. The first-order chi connectivity index (χ1) is 21.6. The van der Waals surface area contributed by atoms with Crippen molar-refractivity contribution in [3.8, 4) is 0 Å². The molecule has 6 aromatic carbocycles. The molecule has 0 spiro atoms. The number of hydrogen-bond acceptors (Lipinski definition) is 2. The third kappa shape index (κ3) is 8.02. The first-order valence-corrected chi connectivity index (χ1v) is 14.9. The van der Waals surface area contributed by atoms with Gasteiger partial charge < -0.3 is 9.80 Å². The number of para-hydroxylation sites is 2. The molecule has 0 aromatic heterocycles. The fourth-order valence-corrected chi connectivity index (χ4v) is 4.84. The summed E-state index contributed by atoms with van der Waals surface area (Å²) in [5.41, 5.74) is 10.6. The van der Waals surface area contributed by atoms with Crippen LogP contribution in [0, 0.1) is 6.92 Å². The van der Waals surface area contributed by atoms with Crippen LogP contribution in [0.3, 0.4) is 0 Å². The second-order valence-electron chi connectivity index (χ2n) is 10.5. The van der Waals surface area contributed by atoms with Crippen LogP contribution in [0.1, 0.15) is 22.3 Å². The lowest BCUT2D eigenvalue weighted by molar-refractivity contribution is 1.21. The highest BCUT2D eigenvalue weighted by molar-refractivity contribution is 5.78. The van der Waals surface area contributed by atoms with E-state index in [4.69, 9.17) is 0 Å². The van der Waals surface area contributed by atoms with Crippen LogP contribution >= 0.6 is 0 Å². The average molecular weight is 571 g/mol. The number of benzene rings is 6. The van der Waals surface area contributed by atoms with E-state index < -0.39 is 0 Å². The molecule has 0 aliphatic carbocycles. The van der Waals surface area contributed by atoms with E-state index in [0.29, 0.717) is 0 Å². The molecule has 0 aliphatic rings. The van der Waals surface area contributed by atoms with Crippen LogP contribution in [0.2, 0.25) is 0 Å². The number of rotatable bonds is 8. The smallest absolute Gasteiger partial charge is 0.0462 e. The van der Waals surface area contributed by atoms with E-state index in [0.717, 1.165) is 22.6 Å². The Bertz CT molecular complexity index is 1740. The lowest BCUT2D eigenvalue weighted by atomic mass is 10.1. The fraction of sp³-hybridized carbons (Fsp3) is 0.0476. The molecule has 0 N–H and O–H groups in total. The monoisotopic (exact) mass is 570 g/mol. The van der Waals surface area contributed by atoms with Gasteiger partial charge in [-0.1, -0.05) is 133 Å². The molecule has 0 heterocycles. The molecular formula is C42H38N2. The highest BCUT2D eigenvalue weighted by atomic mass is 15.1. The van der Waals surface area contributed by atoms with Crippen molar-refractivity contribution in [3.05, 3.63) is 193 Å². The van der Waals surface area contributed by atoms with Crippen molar-refractivity contribution in [2.45, 2.75) is 6.92 Å². The Morgan fingerprint density at radius 2 is 0.773 bits per heavy atom. The summed E-state index contributed by atoms with van der Waals surface area (Å²) in [5.74, 6) is 0. The van der Waals surface area contributed by atoms with Crippen LogP contribution in [0.4, 0.5) is 28.4 Å². The first kappa shape index (κ1) is 29.9. The van der Waals surface area contributed by atoms with E-state index >= 15 is 0 Å². The SMILES string of the molecule is C=Cc1ccc(N(C)c2ccccc2)cc1.Cc1ccc(N(c2ccccc2)c2ccc(/C=C/c3ccccc3)cc2)cc1. The van der Waals surface area contributed by atoms with Gasteiger partial charge in [0.15, 0.2) is 0 Å². The van der Waals surface area contributed by atoms with E-state index in [2.05, 4.69) is 176 Å². The Balaban J connectivity index is 0.000000204. The Morgan fingerprint density at radius 1 is 0.409 bits per heavy atom. The van der Waals surface area contributed by atoms with Crippen LogP contribution in [0.25, 0.3) is 18.2 Å². The molecule has 0 unspecified atom stereocenters. The Hall–Kier alpha value is -5.60. The van der Waals surface area contributed by atoms with Crippen LogP contribution in [0.5, 0.6) is 0 Å². The molecular weight excluding hydrogens is 532 g/mol.